The first-order valence-electron chi connectivity index (χ1n) is 4.91. The summed E-state index contributed by atoms with van der Waals surface area (Å²) in [4.78, 5) is 10.7. The summed E-state index contributed by atoms with van der Waals surface area (Å²) in [5.74, 6) is -0.716. The minimum absolute atomic E-state index is 0.0387. The zero-order valence-electron chi connectivity index (χ0n) is 9.17. The smallest absolute Gasteiger partial charge is 0.303 e. The maximum absolute atomic E-state index is 10.7. The summed E-state index contributed by atoms with van der Waals surface area (Å²) in [5, 5.41) is 8.78. The van der Waals surface area contributed by atoms with Gasteiger partial charge in [0.15, 0.2) is 0 Å². The van der Waals surface area contributed by atoms with Crippen molar-refractivity contribution in [3.05, 3.63) is 33.3 Å². The number of hydrogen-bond acceptors (Lipinski definition) is 1. The molecule has 1 unspecified atom stereocenters. The second-order valence-corrected chi connectivity index (χ2v) is 4.72. The van der Waals surface area contributed by atoms with Crippen molar-refractivity contribution in [2.45, 2.75) is 33.1 Å². The molecule has 0 aliphatic carbocycles. The van der Waals surface area contributed by atoms with Gasteiger partial charge in [-0.25, -0.2) is 0 Å². The van der Waals surface area contributed by atoms with E-state index in [9.17, 15) is 4.79 Å². The molecule has 0 bridgehead atoms. The Kier molecular flexibility index (Phi) is 3.91. The zero-order valence-corrected chi connectivity index (χ0v) is 10.8. The summed E-state index contributed by atoms with van der Waals surface area (Å²) in [6.45, 7) is 5.97. The van der Waals surface area contributed by atoms with Crippen LogP contribution in [0.3, 0.4) is 0 Å². The lowest BCUT2D eigenvalue weighted by Gasteiger charge is -2.16. The van der Waals surface area contributed by atoms with E-state index in [1.165, 1.54) is 0 Å². The fourth-order valence-electron chi connectivity index (χ4n) is 1.77. The molecule has 1 aromatic rings. The third-order valence-electron chi connectivity index (χ3n) is 2.56. The Balaban J connectivity index is 3.12. The molecule has 1 atom stereocenters. The van der Waals surface area contributed by atoms with E-state index in [0.29, 0.717) is 0 Å². The predicted octanol–water partition coefficient (Wildman–Crippen LogP) is 3.64. The highest BCUT2D eigenvalue weighted by Gasteiger charge is 2.16. The number of carboxylic acids is 1. The number of carboxylic acid groups (broad SMARTS) is 1. The highest BCUT2D eigenvalue weighted by molar-refractivity contribution is 9.10. The zero-order chi connectivity index (χ0) is 11.6. The molecule has 15 heavy (non-hydrogen) atoms. The molecular weight excluding hydrogens is 256 g/mol. The first-order valence-corrected chi connectivity index (χ1v) is 5.70. The third kappa shape index (κ3) is 2.81. The molecule has 0 aliphatic rings. The summed E-state index contributed by atoms with van der Waals surface area (Å²) in [6, 6.07) is 4.07. The van der Waals surface area contributed by atoms with Gasteiger partial charge >= 0.3 is 5.97 Å². The van der Waals surface area contributed by atoms with Crippen LogP contribution < -0.4 is 0 Å². The van der Waals surface area contributed by atoms with Crippen LogP contribution >= 0.6 is 15.9 Å². The number of halogens is 1. The van der Waals surface area contributed by atoms with Crippen molar-refractivity contribution in [3.8, 4) is 0 Å². The molecule has 0 radical (unpaired) electrons. The van der Waals surface area contributed by atoms with E-state index >= 15 is 0 Å². The van der Waals surface area contributed by atoms with E-state index < -0.39 is 5.97 Å². The van der Waals surface area contributed by atoms with Gasteiger partial charge < -0.3 is 5.11 Å². The molecular formula is C12H15BrO2. The van der Waals surface area contributed by atoms with Crippen LogP contribution in [-0.2, 0) is 4.79 Å². The van der Waals surface area contributed by atoms with E-state index in [1.54, 1.807) is 0 Å². The number of rotatable bonds is 3. The van der Waals surface area contributed by atoms with Crippen molar-refractivity contribution in [1.82, 2.24) is 0 Å². The van der Waals surface area contributed by atoms with Crippen LogP contribution in [0.2, 0.25) is 0 Å². The average Bonchev–Trinajstić information content (AvgIpc) is 2.11. The molecule has 0 heterocycles. The Morgan fingerprint density at radius 3 is 2.47 bits per heavy atom. The number of carbonyl (C=O) groups is 1. The molecule has 3 heteroatoms. The van der Waals surface area contributed by atoms with Crippen molar-refractivity contribution in [3.63, 3.8) is 0 Å². The molecule has 0 spiro atoms. The van der Waals surface area contributed by atoms with Gasteiger partial charge in [0.2, 0.25) is 0 Å². The van der Waals surface area contributed by atoms with E-state index in [2.05, 4.69) is 15.9 Å². The van der Waals surface area contributed by atoms with Crippen LogP contribution in [0.1, 0.15) is 36.0 Å². The summed E-state index contributed by atoms with van der Waals surface area (Å²) < 4.78 is 1.04. The Morgan fingerprint density at radius 1 is 1.40 bits per heavy atom. The minimum atomic E-state index is -0.754. The molecule has 0 saturated carbocycles. The van der Waals surface area contributed by atoms with Crippen LogP contribution in [0, 0.1) is 13.8 Å². The molecule has 0 amide bonds. The van der Waals surface area contributed by atoms with Crippen LogP contribution in [-0.4, -0.2) is 11.1 Å². The third-order valence-corrected chi connectivity index (χ3v) is 3.62. The van der Waals surface area contributed by atoms with Gasteiger partial charge in [-0.05, 0) is 36.5 Å². The fourth-order valence-corrected chi connectivity index (χ4v) is 2.60. The van der Waals surface area contributed by atoms with Crippen molar-refractivity contribution < 1.29 is 9.90 Å². The van der Waals surface area contributed by atoms with E-state index in [1.807, 2.05) is 32.9 Å². The first-order chi connectivity index (χ1) is 6.93. The van der Waals surface area contributed by atoms with Gasteiger partial charge in [0.1, 0.15) is 0 Å². The van der Waals surface area contributed by atoms with Crippen LogP contribution in [0.15, 0.2) is 16.6 Å². The van der Waals surface area contributed by atoms with Gasteiger partial charge in [-0.3, -0.25) is 4.79 Å². The number of aliphatic carboxylic acids is 1. The van der Waals surface area contributed by atoms with Crippen molar-refractivity contribution in [2.24, 2.45) is 0 Å². The minimum Gasteiger partial charge on any atom is -0.481 e. The molecule has 1 N–H and O–H groups in total. The number of aryl methyl sites for hydroxylation is 2. The highest BCUT2D eigenvalue weighted by Crippen LogP contribution is 2.32. The maximum Gasteiger partial charge on any atom is 0.303 e. The summed E-state index contributed by atoms with van der Waals surface area (Å²) in [5.41, 5.74) is 3.39. The second-order valence-electron chi connectivity index (χ2n) is 3.93. The quantitative estimate of drug-likeness (QED) is 0.911. The van der Waals surface area contributed by atoms with Crippen LogP contribution in [0.5, 0.6) is 0 Å². The number of hydrogen-bond donors (Lipinski definition) is 1. The van der Waals surface area contributed by atoms with Gasteiger partial charge in [0.25, 0.3) is 0 Å². The molecule has 0 aromatic heterocycles. The van der Waals surface area contributed by atoms with Crippen molar-refractivity contribution in [1.29, 1.82) is 0 Å². The van der Waals surface area contributed by atoms with E-state index in [-0.39, 0.29) is 12.3 Å². The highest BCUT2D eigenvalue weighted by atomic mass is 79.9. The second kappa shape index (κ2) is 4.79. The van der Waals surface area contributed by atoms with Gasteiger partial charge in [0.05, 0.1) is 6.42 Å². The topological polar surface area (TPSA) is 37.3 Å². The fraction of sp³-hybridized carbons (Fsp3) is 0.417. The molecule has 0 aliphatic heterocycles. The summed E-state index contributed by atoms with van der Waals surface area (Å²) in [6.07, 6.45) is 0.170. The molecule has 1 rings (SSSR count). The molecule has 2 nitrogen and oxygen atoms in total. The molecule has 1 aromatic carbocycles. The van der Waals surface area contributed by atoms with Gasteiger partial charge in [0, 0.05) is 4.47 Å². The maximum atomic E-state index is 10.7. The Bertz CT molecular complexity index is 385. The SMILES string of the molecule is Cc1ccc(C)c(C(C)CC(=O)O)c1Br. The van der Waals surface area contributed by atoms with E-state index in [0.717, 1.165) is 21.2 Å². The molecule has 0 fully saturated rings. The number of benzene rings is 1. The Morgan fingerprint density at radius 2 is 1.93 bits per heavy atom. The standard InChI is InChI=1S/C12H15BrO2/c1-7-4-5-8(2)12(13)11(7)9(3)6-10(14)15/h4-5,9H,6H2,1-3H3,(H,14,15). The normalized spacial score (nSPS) is 12.5. The lowest BCUT2D eigenvalue weighted by molar-refractivity contribution is -0.137. The van der Waals surface area contributed by atoms with Gasteiger partial charge in [-0.2, -0.15) is 0 Å². The van der Waals surface area contributed by atoms with E-state index in [4.69, 9.17) is 5.11 Å². The molecule has 82 valence electrons. The largest absolute Gasteiger partial charge is 0.481 e. The average molecular weight is 271 g/mol. The molecule has 0 saturated heterocycles. The van der Waals surface area contributed by atoms with Gasteiger partial charge in [-0.1, -0.05) is 35.0 Å². The lowest BCUT2D eigenvalue weighted by atomic mass is 9.92. The monoisotopic (exact) mass is 270 g/mol. The lowest BCUT2D eigenvalue weighted by Crippen LogP contribution is -2.05. The van der Waals surface area contributed by atoms with Crippen molar-refractivity contribution >= 4 is 21.9 Å². The van der Waals surface area contributed by atoms with Crippen LogP contribution in [0.25, 0.3) is 0 Å². The Hall–Kier alpha value is -0.830. The van der Waals surface area contributed by atoms with Crippen LogP contribution in [0.4, 0.5) is 0 Å². The first kappa shape index (κ1) is 12.2. The summed E-state index contributed by atoms with van der Waals surface area (Å²) in [7, 11) is 0. The van der Waals surface area contributed by atoms with Crippen molar-refractivity contribution in [2.75, 3.05) is 0 Å². The predicted molar refractivity (Wildman–Crippen MR) is 64.3 cm³/mol. The Labute approximate surface area is 98.4 Å². The van der Waals surface area contributed by atoms with Gasteiger partial charge in [-0.15, -0.1) is 0 Å². The summed E-state index contributed by atoms with van der Waals surface area (Å²) >= 11 is 3.53.